The number of fused-ring (bicyclic) bond motifs is 1. The molecule has 2 heterocycles. The van der Waals surface area contributed by atoms with E-state index in [1.165, 1.54) is 11.8 Å². The minimum absolute atomic E-state index is 0.365. The number of aryl methyl sites for hydroxylation is 1. The summed E-state index contributed by atoms with van der Waals surface area (Å²) in [6.45, 7) is 1.76. The number of hydrogen-bond acceptors (Lipinski definition) is 5. The van der Waals surface area contributed by atoms with Gasteiger partial charge in [0.05, 0.1) is 7.11 Å². The molecule has 7 heteroatoms. The third-order valence-electron chi connectivity index (χ3n) is 3.51. The van der Waals surface area contributed by atoms with Crippen molar-refractivity contribution in [3.05, 3.63) is 41.9 Å². The number of para-hydroxylation sites is 1. The van der Waals surface area contributed by atoms with Crippen molar-refractivity contribution in [2.24, 2.45) is 0 Å². The van der Waals surface area contributed by atoms with E-state index in [0.29, 0.717) is 12.2 Å². The summed E-state index contributed by atoms with van der Waals surface area (Å²) in [5.74, 6) is 0.209. The first kappa shape index (κ1) is 13.3. The first-order chi connectivity index (χ1) is 10.2. The number of nitrogens with one attached hydrogen (secondary N) is 1. The number of H-pyrrole nitrogens is 1. The van der Waals surface area contributed by atoms with E-state index in [-0.39, 0.29) is 5.97 Å². The van der Waals surface area contributed by atoms with Crippen molar-refractivity contribution >= 4 is 16.9 Å². The van der Waals surface area contributed by atoms with Crippen molar-refractivity contribution in [3.63, 3.8) is 0 Å². The summed E-state index contributed by atoms with van der Waals surface area (Å²) < 4.78 is 6.38. The Morgan fingerprint density at radius 2 is 2.24 bits per heavy atom. The number of benzene rings is 1. The summed E-state index contributed by atoms with van der Waals surface area (Å²) in [7, 11) is 1.37. The van der Waals surface area contributed by atoms with E-state index in [4.69, 9.17) is 4.74 Å². The Morgan fingerprint density at radius 3 is 2.95 bits per heavy atom. The predicted octanol–water partition coefficient (Wildman–Crippen LogP) is 1.42. The van der Waals surface area contributed by atoms with Gasteiger partial charge < -0.3 is 9.72 Å². The maximum Gasteiger partial charge on any atom is 0.331 e. The van der Waals surface area contributed by atoms with E-state index >= 15 is 0 Å². The number of hydrogen-bond donors (Lipinski definition) is 1. The van der Waals surface area contributed by atoms with E-state index in [1.807, 2.05) is 30.5 Å². The molecule has 0 spiro atoms. The summed E-state index contributed by atoms with van der Waals surface area (Å²) in [6, 6.07) is 7.36. The largest absolute Gasteiger partial charge is 0.467 e. The molecule has 3 rings (SSSR count). The van der Waals surface area contributed by atoms with Crippen molar-refractivity contribution in [2.45, 2.75) is 19.4 Å². The van der Waals surface area contributed by atoms with Gasteiger partial charge in [0.25, 0.3) is 0 Å². The molecule has 0 aliphatic carbocycles. The summed E-state index contributed by atoms with van der Waals surface area (Å²) in [5, 5.41) is 12.4. The monoisotopic (exact) mass is 285 g/mol. The topological polar surface area (TPSA) is 85.7 Å². The highest BCUT2D eigenvalue weighted by molar-refractivity contribution is 5.84. The van der Waals surface area contributed by atoms with Crippen LogP contribution in [0.5, 0.6) is 0 Å². The van der Waals surface area contributed by atoms with Gasteiger partial charge in [0.15, 0.2) is 6.04 Å². The molecule has 0 fully saturated rings. The highest BCUT2D eigenvalue weighted by Gasteiger charge is 2.25. The zero-order chi connectivity index (χ0) is 14.8. The molecular formula is C14H15N5O2. The number of aromatic nitrogens is 5. The molecule has 0 aliphatic heterocycles. The number of ether oxygens (including phenoxy) is 1. The lowest BCUT2D eigenvalue weighted by Crippen LogP contribution is -2.25. The maximum atomic E-state index is 12.1. The Bertz CT molecular complexity index is 776. The molecule has 3 aromatic rings. The molecule has 108 valence electrons. The van der Waals surface area contributed by atoms with Crippen molar-refractivity contribution < 1.29 is 9.53 Å². The van der Waals surface area contributed by atoms with E-state index in [0.717, 1.165) is 16.5 Å². The molecule has 0 amide bonds. The average molecular weight is 285 g/mol. The van der Waals surface area contributed by atoms with Crippen LogP contribution < -0.4 is 0 Å². The van der Waals surface area contributed by atoms with Gasteiger partial charge in [-0.3, -0.25) is 0 Å². The summed E-state index contributed by atoms with van der Waals surface area (Å²) in [6.07, 6.45) is 2.36. The molecule has 1 unspecified atom stereocenters. The van der Waals surface area contributed by atoms with Gasteiger partial charge in [-0.2, -0.15) is 0 Å². The van der Waals surface area contributed by atoms with Crippen LogP contribution >= 0.6 is 0 Å². The van der Waals surface area contributed by atoms with Crippen LogP contribution in [0.25, 0.3) is 10.9 Å². The van der Waals surface area contributed by atoms with Crippen LogP contribution in [0.1, 0.15) is 17.4 Å². The number of carbonyl (C=O) groups is 1. The molecule has 1 N–H and O–H groups in total. The molecule has 1 atom stereocenters. The Labute approximate surface area is 120 Å². The third kappa shape index (κ3) is 2.37. The number of carbonyl (C=O) groups excluding carboxylic acids is 1. The van der Waals surface area contributed by atoms with Gasteiger partial charge >= 0.3 is 5.97 Å². The van der Waals surface area contributed by atoms with Gasteiger partial charge in [-0.1, -0.05) is 18.2 Å². The lowest BCUT2D eigenvalue weighted by Gasteiger charge is -2.14. The number of tetrazole rings is 1. The van der Waals surface area contributed by atoms with Crippen LogP contribution in [0.4, 0.5) is 0 Å². The van der Waals surface area contributed by atoms with Crippen molar-refractivity contribution in [3.8, 4) is 0 Å². The van der Waals surface area contributed by atoms with E-state index < -0.39 is 6.04 Å². The SMILES string of the molecule is COC(=O)C(Cc1c[nH]c2ccccc12)n1nnnc1C. The molecule has 0 saturated heterocycles. The standard InChI is InChI=1S/C14H15N5O2/c1-9-16-17-18-19(9)13(14(20)21-2)7-10-8-15-12-6-4-3-5-11(10)12/h3-6,8,13,15H,7H2,1-2H3. The zero-order valence-electron chi connectivity index (χ0n) is 11.8. The number of nitrogens with zero attached hydrogens (tertiary/aromatic N) is 4. The summed E-state index contributed by atoms with van der Waals surface area (Å²) in [5.41, 5.74) is 2.06. The van der Waals surface area contributed by atoms with Gasteiger partial charge in [0, 0.05) is 23.5 Å². The average Bonchev–Trinajstić information content (AvgIpc) is 3.10. The lowest BCUT2D eigenvalue weighted by atomic mass is 10.1. The second-order valence-corrected chi connectivity index (χ2v) is 4.77. The smallest absolute Gasteiger partial charge is 0.331 e. The lowest BCUT2D eigenvalue weighted by molar-refractivity contribution is -0.145. The Balaban J connectivity index is 1.99. The molecule has 0 bridgehead atoms. The quantitative estimate of drug-likeness (QED) is 0.733. The molecule has 0 saturated carbocycles. The fourth-order valence-corrected chi connectivity index (χ4v) is 2.44. The minimum atomic E-state index is -0.579. The molecule has 21 heavy (non-hydrogen) atoms. The van der Waals surface area contributed by atoms with Crippen LogP contribution in [0.15, 0.2) is 30.5 Å². The second-order valence-electron chi connectivity index (χ2n) is 4.77. The number of esters is 1. The maximum absolute atomic E-state index is 12.1. The molecule has 0 aliphatic rings. The van der Waals surface area contributed by atoms with Crippen LogP contribution in [0, 0.1) is 6.92 Å². The Morgan fingerprint density at radius 1 is 1.43 bits per heavy atom. The highest BCUT2D eigenvalue weighted by atomic mass is 16.5. The van der Waals surface area contributed by atoms with Crippen LogP contribution in [-0.2, 0) is 16.0 Å². The Hall–Kier alpha value is -2.70. The van der Waals surface area contributed by atoms with Crippen LogP contribution in [-0.4, -0.2) is 38.3 Å². The van der Waals surface area contributed by atoms with Crippen molar-refractivity contribution in [1.82, 2.24) is 25.2 Å². The normalized spacial score (nSPS) is 12.5. The van der Waals surface area contributed by atoms with Gasteiger partial charge in [0.2, 0.25) is 0 Å². The second kappa shape index (κ2) is 5.35. The first-order valence-electron chi connectivity index (χ1n) is 6.58. The number of methoxy groups -OCH3 is 1. The van der Waals surface area contributed by atoms with E-state index in [9.17, 15) is 4.79 Å². The van der Waals surface area contributed by atoms with Crippen LogP contribution in [0.2, 0.25) is 0 Å². The zero-order valence-corrected chi connectivity index (χ0v) is 11.8. The summed E-state index contributed by atoms with van der Waals surface area (Å²) in [4.78, 5) is 15.3. The fourth-order valence-electron chi connectivity index (χ4n) is 2.44. The molecular weight excluding hydrogens is 270 g/mol. The van der Waals surface area contributed by atoms with E-state index in [1.54, 1.807) is 6.92 Å². The number of aromatic amines is 1. The molecule has 7 nitrogen and oxygen atoms in total. The molecule has 2 aromatic heterocycles. The van der Waals surface area contributed by atoms with Gasteiger partial charge in [-0.15, -0.1) is 5.10 Å². The highest BCUT2D eigenvalue weighted by Crippen LogP contribution is 2.23. The number of rotatable bonds is 4. The van der Waals surface area contributed by atoms with Crippen molar-refractivity contribution in [2.75, 3.05) is 7.11 Å². The first-order valence-corrected chi connectivity index (χ1v) is 6.58. The summed E-state index contributed by atoms with van der Waals surface area (Å²) >= 11 is 0. The molecule has 1 aromatic carbocycles. The van der Waals surface area contributed by atoms with Gasteiger partial charge in [0.1, 0.15) is 5.82 Å². The Kier molecular flexibility index (Phi) is 3.39. The third-order valence-corrected chi connectivity index (χ3v) is 3.51. The predicted molar refractivity (Wildman–Crippen MR) is 75.6 cm³/mol. The van der Waals surface area contributed by atoms with Gasteiger partial charge in [-0.25, -0.2) is 9.48 Å². The fraction of sp³-hybridized carbons (Fsp3) is 0.286. The van der Waals surface area contributed by atoms with E-state index in [2.05, 4.69) is 20.5 Å². The van der Waals surface area contributed by atoms with Crippen molar-refractivity contribution in [1.29, 1.82) is 0 Å². The minimum Gasteiger partial charge on any atom is -0.467 e. The van der Waals surface area contributed by atoms with Crippen LogP contribution in [0.3, 0.4) is 0 Å². The van der Waals surface area contributed by atoms with Gasteiger partial charge in [-0.05, 0) is 29.0 Å². The molecule has 0 radical (unpaired) electrons.